The van der Waals surface area contributed by atoms with E-state index in [9.17, 15) is 14.7 Å². The molecule has 17 heavy (non-hydrogen) atoms. The third kappa shape index (κ3) is 2.50. The Bertz CT molecular complexity index is 453. The van der Waals surface area contributed by atoms with Crippen LogP contribution in [0.2, 0.25) is 0 Å². The fraction of sp³-hybridized carbons (Fsp3) is 0.400. The highest BCUT2D eigenvalue weighted by atomic mass is 79.9. The van der Waals surface area contributed by atoms with Gasteiger partial charge in [0, 0.05) is 5.75 Å². The zero-order valence-corrected chi connectivity index (χ0v) is 11.1. The standard InChI is InChI=1S/C10H10BrNO4S/c11-7-2-1-6(16-7)8(13)12-10(9(14)15)3-4-17-5-10/h1-2H,3-5H2,(H,12,13)(H,14,15)/t10-/m0/s1. The van der Waals surface area contributed by atoms with Crippen LogP contribution < -0.4 is 5.32 Å². The van der Waals surface area contributed by atoms with Crippen molar-refractivity contribution in [2.24, 2.45) is 0 Å². The van der Waals surface area contributed by atoms with E-state index in [-0.39, 0.29) is 5.76 Å². The van der Waals surface area contributed by atoms with Gasteiger partial charge in [-0.15, -0.1) is 0 Å². The molecular formula is C10H10BrNO4S. The number of rotatable bonds is 3. The zero-order chi connectivity index (χ0) is 12.5. The van der Waals surface area contributed by atoms with Crippen molar-refractivity contribution in [3.05, 3.63) is 22.6 Å². The van der Waals surface area contributed by atoms with E-state index in [4.69, 9.17) is 4.42 Å². The molecule has 0 aliphatic carbocycles. The number of nitrogens with one attached hydrogen (secondary N) is 1. The van der Waals surface area contributed by atoms with Crippen LogP contribution in [0.4, 0.5) is 0 Å². The van der Waals surface area contributed by atoms with Crippen molar-refractivity contribution in [3.63, 3.8) is 0 Å². The summed E-state index contributed by atoms with van der Waals surface area (Å²) in [5.74, 6) is -0.277. The molecule has 1 aliphatic heterocycles. The van der Waals surface area contributed by atoms with Gasteiger partial charge in [0.15, 0.2) is 10.4 Å². The molecule has 0 unspecified atom stereocenters. The van der Waals surface area contributed by atoms with Crippen LogP contribution in [0.25, 0.3) is 0 Å². The highest BCUT2D eigenvalue weighted by Gasteiger charge is 2.43. The minimum absolute atomic E-state index is 0.106. The molecule has 7 heteroatoms. The quantitative estimate of drug-likeness (QED) is 0.887. The van der Waals surface area contributed by atoms with Gasteiger partial charge in [-0.3, -0.25) is 4.79 Å². The molecule has 0 radical (unpaired) electrons. The maximum Gasteiger partial charge on any atom is 0.330 e. The van der Waals surface area contributed by atoms with E-state index < -0.39 is 17.4 Å². The summed E-state index contributed by atoms with van der Waals surface area (Å²) in [4.78, 5) is 23.1. The molecule has 2 heterocycles. The lowest BCUT2D eigenvalue weighted by atomic mass is 9.99. The summed E-state index contributed by atoms with van der Waals surface area (Å²) in [6.45, 7) is 0. The summed E-state index contributed by atoms with van der Waals surface area (Å²) in [6, 6.07) is 3.09. The SMILES string of the molecule is O=C(N[C@@]1(C(=O)O)CCSC1)c1ccc(Br)o1. The van der Waals surface area contributed by atoms with Crippen LogP contribution in [-0.4, -0.2) is 34.0 Å². The zero-order valence-electron chi connectivity index (χ0n) is 8.73. The van der Waals surface area contributed by atoms with Crippen LogP contribution in [0.1, 0.15) is 17.0 Å². The number of carbonyl (C=O) groups is 2. The number of hydrogen-bond acceptors (Lipinski definition) is 4. The summed E-state index contributed by atoms with van der Waals surface area (Å²) < 4.78 is 5.52. The van der Waals surface area contributed by atoms with Crippen molar-refractivity contribution in [2.75, 3.05) is 11.5 Å². The van der Waals surface area contributed by atoms with Gasteiger partial charge in [0.2, 0.25) is 0 Å². The number of carboxylic acid groups (broad SMARTS) is 1. The van der Waals surface area contributed by atoms with Crippen LogP contribution in [-0.2, 0) is 4.79 Å². The van der Waals surface area contributed by atoms with E-state index in [0.29, 0.717) is 16.8 Å². The molecule has 1 fully saturated rings. The monoisotopic (exact) mass is 319 g/mol. The Morgan fingerprint density at radius 1 is 1.53 bits per heavy atom. The van der Waals surface area contributed by atoms with Crippen molar-refractivity contribution in [3.8, 4) is 0 Å². The number of halogens is 1. The minimum atomic E-state index is -1.17. The molecule has 0 saturated carbocycles. The fourth-order valence-electron chi connectivity index (χ4n) is 1.60. The third-order valence-electron chi connectivity index (χ3n) is 2.58. The predicted octanol–water partition coefficient (Wildman–Crippen LogP) is 1.73. The van der Waals surface area contributed by atoms with Gasteiger partial charge in [-0.1, -0.05) is 0 Å². The largest absolute Gasteiger partial charge is 0.479 e. The average molecular weight is 320 g/mol. The Hall–Kier alpha value is -0.950. The smallest absolute Gasteiger partial charge is 0.330 e. The molecule has 1 amide bonds. The second-order valence-electron chi connectivity index (χ2n) is 3.75. The van der Waals surface area contributed by atoms with Gasteiger partial charge in [0.25, 0.3) is 5.91 Å². The first-order valence-corrected chi connectivity index (χ1v) is 6.87. The first-order valence-electron chi connectivity index (χ1n) is 4.92. The van der Waals surface area contributed by atoms with Gasteiger partial charge in [-0.2, -0.15) is 11.8 Å². The van der Waals surface area contributed by atoms with E-state index in [1.165, 1.54) is 17.8 Å². The van der Waals surface area contributed by atoms with E-state index in [0.717, 1.165) is 5.75 Å². The number of furan rings is 1. The van der Waals surface area contributed by atoms with Crippen molar-refractivity contribution in [2.45, 2.75) is 12.0 Å². The van der Waals surface area contributed by atoms with Gasteiger partial charge in [-0.25, -0.2) is 4.79 Å². The summed E-state index contributed by atoms with van der Waals surface area (Å²) in [5.41, 5.74) is -1.17. The average Bonchev–Trinajstić information content (AvgIpc) is 2.87. The highest BCUT2D eigenvalue weighted by molar-refractivity contribution is 9.10. The lowest BCUT2D eigenvalue weighted by Gasteiger charge is -2.23. The third-order valence-corrected chi connectivity index (χ3v) is 4.20. The summed E-state index contributed by atoms with van der Waals surface area (Å²) in [7, 11) is 0. The second kappa shape index (κ2) is 4.73. The number of aliphatic carboxylic acids is 1. The Balaban J connectivity index is 2.14. The van der Waals surface area contributed by atoms with E-state index >= 15 is 0 Å². The molecule has 0 aromatic carbocycles. The summed E-state index contributed by atoms with van der Waals surface area (Å²) in [5, 5.41) is 11.7. The number of hydrogen-bond donors (Lipinski definition) is 2. The molecule has 1 saturated heterocycles. The van der Waals surface area contributed by atoms with Gasteiger partial charge in [0.05, 0.1) is 0 Å². The number of thioether (sulfide) groups is 1. The maximum atomic E-state index is 11.8. The van der Waals surface area contributed by atoms with Crippen molar-refractivity contribution in [1.82, 2.24) is 5.32 Å². The molecule has 1 aliphatic rings. The predicted molar refractivity (Wildman–Crippen MR) is 66.2 cm³/mol. The Labute approximate surface area is 110 Å². The lowest BCUT2D eigenvalue weighted by molar-refractivity contribution is -0.143. The van der Waals surface area contributed by atoms with Crippen LogP contribution in [0.5, 0.6) is 0 Å². The fourth-order valence-corrected chi connectivity index (χ4v) is 3.23. The number of amides is 1. The van der Waals surface area contributed by atoms with Gasteiger partial charge in [-0.05, 0) is 40.2 Å². The van der Waals surface area contributed by atoms with Gasteiger partial charge >= 0.3 is 5.97 Å². The maximum absolute atomic E-state index is 11.8. The van der Waals surface area contributed by atoms with Gasteiger partial charge in [0.1, 0.15) is 5.54 Å². The van der Waals surface area contributed by atoms with Crippen LogP contribution >= 0.6 is 27.7 Å². The molecule has 2 rings (SSSR count). The molecule has 1 aromatic heterocycles. The summed E-state index contributed by atoms with van der Waals surface area (Å²) >= 11 is 4.60. The molecule has 2 N–H and O–H groups in total. The summed E-state index contributed by atoms with van der Waals surface area (Å²) in [6.07, 6.45) is 0.431. The first-order chi connectivity index (χ1) is 8.03. The molecule has 0 spiro atoms. The minimum Gasteiger partial charge on any atom is -0.479 e. The Kier molecular flexibility index (Phi) is 3.48. The second-order valence-corrected chi connectivity index (χ2v) is 5.63. The Morgan fingerprint density at radius 2 is 2.29 bits per heavy atom. The van der Waals surface area contributed by atoms with E-state index in [1.54, 1.807) is 6.07 Å². The van der Waals surface area contributed by atoms with Gasteiger partial charge < -0.3 is 14.8 Å². The van der Waals surface area contributed by atoms with Crippen molar-refractivity contribution >= 4 is 39.6 Å². The highest BCUT2D eigenvalue weighted by Crippen LogP contribution is 2.28. The van der Waals surface area contributed by atoms with Crippen molar-refractivity contribution < 1.29 is 19.1 Å². The molecular weight excluding hydrogens is 310 g/mol. The molecule has 5 nitrogen and oxygen atoms in total. The molecule has 1 aromatic rings. The normalized spacial score (nSPS) is 23.6. The molecule has 1 atom stereocenters. The van der Waals surface area contributed by atoms with Crippen LogP contribution in [0.3, 0.4) is 0 Å². The molecule has 0 bridgehead atoms. The van der Waals surface area contributed by atoms with Crippen LogP contribution in [0.15, 0.2) is 21.2 Å². The van der Waals surface area contributed by atoms with Crippen molar-refractivity contribution in [1.29, 1.82) is 0 Å². The van der Waals surface area contributed by atoms with Crippen LogP contribution in [0, 0.1) is 0 Å². The van der Waals surface area contributed by atoms with E-state index in [1.807, 2.05) is 0 Å². The number of carbonyl (C=O) groups excluding carboxylic acids is 1. The first kappa shape index (κ1) is 12.5. The topological polar surface area (TPSA) is 79.5 Å². The van der Waals surface area contributed by atoms with E-state index in [2.05, 4.69) is 21.2 Å². The number of carboxylic acids is 1. The molecule has 92 valence electrons. The lowest BCUT2D eigenvalue weighted by Crippen LogP contribution is -2.54. The Morgan fingerprint density at radius 3 is 2.76 bits per heavy atom.